The molecule has 6 nitrogen and oxygen atoms in total. The smallest absolute Gasteiger partial charge is 0.163 e. The van der Waals surface area contributed by atoms with Crippen molar-refractivity contribution in [3.8, 4) is 28.3 Å². The number of hydrogen-bond acceptors (Lipinski definition) is 6. The first kappa shape index (κ1) is 21.6. The molecule has 0 amide bonds. The monoisotopic (exact) mass is 435 g/mol. The Bertz CT molecular complexity index is 1250. The van der Waals surface area contributed by atoms with Crippen LogP contribution in [0.25, 0.3) is 33.4 Å². The van der Waals surface area contributed by atoms with E-state index in [1.54, 1.807) is 24.5 Å². The Morgan fingerprint density at radius 1 is 1.03 bits per heavy atom. The van der Waals surface area contributed by atoms with E-state index in [4.69, 9.17) is 14.7 Å². The molecule has 2 aromatic carbocycles. The van der Waals surface area contributed by atoms with E-state index in [2.05, 4.69) is 10.3 Å². The summed E-state index contributed by atoms with van der Waals surface area (Å²) in [5, 5.41) is 4.00. The maximum atomic E-state index is 14.5. The minimum atomic E-state index is -0.525. The Hall–Kier alpha value is -3.65. The number of ether oxygens (including phenoxy) is 1. The van der Waals surface area contributed by atoms with Gasteiger partial charge < -0.3 is 15.0 Å². The molecule has 1 N–H and O–H groups in total. The summed E-state index contributed by atoms with van der Waals surface area (Å²) in [6.45, 7) is 1.41. The minimum Gasteiger partial charge on any atom is -0.494 e. The van der Waals surface area contributed by atoms with Crippen LogP contribution >= 0.6 is 0 Å². The summed E-state index contributed by atoms with van der Waals surface area (Å²) in [7, 11) is 5.48. The van der Waals surface area contributed by atoms with E-state index in [0.29, 0.717) is 40.4 Å². The van der Waals surface area contributed by atoms with Crippen LogP contribution in [0.4, 0.5) is 14.6 Å². The van der Waals surface area contributed by atoms with Crippen molar-refractivity contribution in [3.05, 3.63) is 66.5 Å². The molecule has 0 unspecified atom stereocenters. The number of fused-ring (bicyclic) bond motifs is 1. The fourth-order valence-electron chi connectivity index (χ4n) is 3.39. The molecular formula is C24H23F2N5O. The summed E-state index contributed by atoms with van der Waals surface area (Å²) in [5.74, 6) is 0.453. The first-order valence-corrected chi connectivity index (χ1v) is 10.1. The molecule has 0 aliphatic heterocycles. The van der Waals surface area contributed by atoms with Gasteiger partial charge in [0.2, 0.25) is 0 Å². The lowest BCUT2D eigenvalue weighted by Crippen LogP contribution is -2.21. The molecule has 0 saturated heterocycles. The molecule has 4 aromatic rings. The summed E-state index contributed by atoms with van der Waals surface area (Å²) in [5.41, 5.74) is 1.93. The number of anilines is 1. The molecule has 4 rings (SSSR count). The molecule has 0 atom stereocenters. The van der Waals surface area contributed by atoms with Crippen LogP contribution in [0.1, 0.15) is 0 Å². The molecule has 2 heterocycles. The van der Waals surface area contributed by atoms with Gasteiger partial charge in [-0.15, -0.1) is 0 Å². The molecule has 0 radical (unpaired) electrons. The summed E-state index contributed by atoms with van der Waals surface area (Å²) in [6, 6.07) is 10.5. The Labute approximate surface area is 184 Å². The maximum absolute atomic E-state index is 14.5. The Balaban J connectivity index is 1.93. The SMILES string of the molecule is COc1cc(-c2cc(F)ccc2F)cc2c(NCCN(C)C)nc(-c3cccnc3)nc12. The average Bonchev–Trinajstić information content (AvgIpc) is 2.80. The van der Waals surface area contributed by atoms with E-state index in [-0.39, 0.29) is 5.56 Å². The Kier molecular flexibility index (Phi) is 6.23. The van der Waals surface area contributed by atoms with Crippen LogP contribution < -0.4 is 10.1 Å². The molecule has 0 aliphatic carbocycles. The topological polar surface area (TPSA) is 63.2 Å². The van der Waals surface area contributed by atoms with E-state index in [0.717, 1.165) is 24.2 Å². The van der Waals surface area contributed by atoms with Gasteiger partial charge in [-0.05, 0) is 62.1 Å². The van der Waals surface area contributed by atoms with E-state index in [9.17, 15) is 8.78 Å². The number of rotatable bonds is 7. The largest absolute Gasteiger partial charge is 0.494 e. The number of methoxy groups -OCH3 is 1. The highest BCUT2D eigenvalue weighted by Gasteiger charge is 2.17. The van der Waals surface area contributed by atoms with Gasteiger partial charge in [-0.25, -0.2) is 18.7 Å². The highest BCUT2D eigenvalue weighted by atomic mass is 19.1. The Morgan fingerprint density at radius 2 is 1.88 bits per heavy atom. The van der Waals surface area contributed by atoms with Crippen molar-refractivity contribution >= 4 is 16.7 Å². The number of halogens is 2. The first-order valence-electron chi connectivity index (χ1n) is 10.1. The molecule has 0 fully saturated rings. The van der Waals surface area contributed by atoms with Crippen LogP contribution in [0.3, 0.4) is 0 Å². The molecule has 8 heteroatoms. The van der Waals surface area contributed by atoms with Gasteiger partial charge >= 0.3 is 0 Å². The predicted octanol–water partition coefficient (Wildman–Crippen LogP) is 4.62. The van der Waals surface area contributed by atoms with Gasteiger partial charge in [0, 0.05) is 42.0 Å². The van der Waals surface area contributed by atoms with Gasteiger partial charge in [-0.1, -0.05) is 0 Å². The summed E-state index contributed by atoms with van der Waals surface area (Å²) in [4.78, 5) is 15.6. The van der Waals surface area contributed by atoms with Crippen molar-refractivity contribution < 1.29 is 13.5 Å². The van der Waals surface area contributed by atoms with Gasteiger partial charge in [0.05, 0.1) is 7.11 Å². The van der Waals surface area contributed by atoms with Crippen LogP contribution in [0.2, 0.25) is 0 Å². The van der Waals surface area contributed by atoms with Crippen molar-refractivity contribution in [1.29, 1.82) is 0 Å². The second kappa shape index (κ2) is 9.23. The fraction of sp³-hybridized carbons (Fsp3) is 0.208. The van der Waals surface area contributed by atoms with Gasteiger partial charge in [0.15, 0.2) is 5.82 Å². The van der Waals surface area contributed by atoms with Crippen LogP contribution in [0.15, 0.2) is 54.9 Å². The quantitative estimate of drug-likeness (QED) is 0.457. The summed E-state index contributed by atoms with van der Waals surface area (Å²) < 4.78 is 33.9. The third-order valence-corrected chi connectivity index (χ3v) is 5.00. The maximum Gasteiger partial charge on any atom is 0.163 e. The number of pyridine rings is 1. The lowest BCUT2D eigenvalue weighted by atomic mass is 10.0. The number of aromatic nitrogens is 3. The van der Waals surface area contributed by atoms with Crippen molar-refractivity contribution in [2.75, 3.05) is 39.6 Å². The van der Waals surface area contributed by atoms with Crippen LogP contribution in [-0.4, -0.2) is 54.1 Å². The lowest BCUT2D eigenvalue weighted by molar-refractivity contribution is 0.419. The predicted molar refractivity (Wildman–Crippen MR) is 122 cm³/mol. The number of hydrogen-bond donors (Lipinski definition) is 1. The van der Waals surface area contributed by atoms with E-state index in [1.807, 2.05) is 31.1 Å². The molecule has 164 valence electrons. The lowest BCUT2D eigenvalue weighted by Gasteiger charge is -2.16. The van der Waals surface area contributed by atoms with Gasteiger partial charge in [0.1, 0.15) is 28.7 Å². The van der Waals surface area contributed by atoms with Crippen LogP contribution in [0.5, 0.6) is 5.75 Å². The number of likely N-dealkylation sites (N-methyl/N-ethyl adjacent to an activating group) is 1. The molecule has 0 bridgehead atoms. The van der Waals surface area contributed by atoms with E-state index < -0.39 is 11.6 Å². The van der Waals surface area contributed by atoms with Crippen molar-refractivity contribution in [1.82, 2.24) is 19.9 Å². The molecule has 2 aromatic heterocycles. The number of benzene rings is 2. The molecule has 0 saturated carbocycles. The highest BCUT2D eigenvalue weighted by Crippen LogP contribution is 2.36. The van der Waals surface area contributed by atoms with Gasteiger partial charge in [-0.3, -0.25) is 4.98 Å². The van der Waals surface area contributed by atoms with Crippen LogP contribution in [0, 0.1) is 11.6 Å². The molecule has 32 heavy (non-hydrogen) atoms. The van der Waals surface area contributed by atoms with Crippen molar-refractivity contribution in [2.24, 2.45) is 0 Å². The second-order valence-corrected chi connectivity index (χ2v) is 7.57. The fourth-order valence-corrected chi connectivity index (χ4v) is 3.39. The zero-order valence-corrected chi connectivity index (χ0v) is 18.1. The van der Waals surface area contributed by atoms with Crippen molar-refractivity contribution in [2.45, 2.75) is 0 Å². The van der Waals surface area contributed by atoms with Crippen LogP contribution in [-0.2, 0) is 0 Å². The summed E-state index contributed by atoms with van der Waals surface area (Å²) in [6.07, 6.45) is 3.37. The van der Waals surface area contributed by atoms with Crippen molar-refractivity contribution in [3.63, 3.8) is 0 Å². The van der Waals surface area contributed by atoms with Gasteiger partial charge in [0.25, 0.3) is 0 Å². The molecule has 0 aliphatic rings. The second-order valence-electron chi connectivity index (χ2n) is 7.57. The molecular weight excluding hydrogens is 412 g/mol. The standard InChI is InChI=1S/C24H23F2N5O/c1-31(2)10-9-28-24-19-11-16(18-13-17(25)6-7-20(18)26)12-21(32-3)22(19)29-23(30-24)15-5-4-8-27-14-15/h4-8,11-14H,9-10H2,1-3H3,(H,28,29,30). The minimum absolute atomic E-state index is 0.140. The zero-order valence-electron chi connectivity index (χ0n) is 18.1. The van der Waals surface area contributed by atoms with E-state index >= 15 is 0 Å². The van der Waals surface area contributed by atoms with E-state index in [1.165, 1.54) is 13.2 Å². The third kappa shape index (κ3) is 4.50. The third-order valence-electron chi connectivity index (χ3n) is 5.00. The summed E-state index contributed by atoms with van der Waals surface area (Å²) >= 11 is 0. The van der Waals surface area contributed by atoms with Gasteiger partial charge in [-0.2, -0.15) is 0 Å². The normalized spacial score (nSPS) is 11.2. The average molecular weight is 435 g/mol. The Morgan fingerprint density at radius 3 is 2.59 bits per heavy atom. The highest BCUT2D eigenvalue weighted by molar-refractivity contribution is 5.98. The molecule has 0 spiro atoms. The number of nitrogens with zero attached hydrogens (tertiary/aromatic N) is 4. The first-order chi connectivity index (χ1) is 15.5. The number of nitrogens with one attached hydrogen (secondary N) is 1. The zero-order chi connectivity index (χ0) is 22.7.